The maximum absolute atomic E-state index is 12.2. The molecule has 0 atom stereocenters. The number of carboxylic acid groups (broad SMARTS) is 1. The first-order valence-corrected chi connectivity index (χ1v) is 6.49. The van der Waals surface area contributed by atoms with E-state index in [0.29, 0.717) is 27.2 Å². The van der Waals surface area contributed by atoms with Crippen LogP contribution in [0.1, 0.15) is 10.4 Å². The van der Waals surface area contributed by atoms with Gasteiger partial charge in [-0.1, -0.05) is 6.07 Å². The van der Waals surface area contributed by atoms with Gasteiger partial charge in [-0.05, 0) is 24.3 Å². The average molecular weight is 295 g/mol. The van der Waals surface area contributed by atoms with E-state index >= 15 is 0 Å². The molecular weight excluding hydrogens is 286 g/mol. The van der Waals surface area contributed by atoms with Crippen molar-refractivity contribution in [2.24, 2.45) is 0 Å². The molecule has 2 heterocycles. The third-order valence-electron chi connectivity index (χ3n) is 3.69. The van der Waals surface area contributed by atoms with Crippen molar-refractivity contribution < 1.29 is 19.4 Å². The zero-order valence-electron chi connectivity index (χ0n) is 11.1. The number of fused-ring (bicyclic) bond motifs is 5. The SMILES string of the molecule is O=C(O)c1ccc2c(c1)[nH]c1c3ccc(O)cc3oc(=O)c21. The van der Waals surface area contributed by atoms with E-state index in [1.54, 1.807) is 12.1 Å². The van der Waals surface area contributed by atoms with Crippen LogP contribution in [0.2, 0.25) is 0 Å². The fourth-order valence-electron chi connectivity index (χ4n) is 2.70. The van der Waals surface area contributed by atoms with Crippen LogP contribution in [0.4, 0.5) is 0 Å². The van der Waals surface area contributed by atoms with Crippen LogP contribution in [-0.2, 0) is 0 Å². The maximum Gasteiger partial charge on any atom is 0.346 e. The Morgan fingerprint density at radius 3 is 2.64 bits per heavy atom. The summed E-state index contributed by atoms with van der Waals surface area (Å²) in [7, 11) is 0. The number of aromatic carboxylic acids is 1. The first-order chi connectivity index (χ1) is 10.5. The van der Waals surface area contributed by atoms with Gasteiger partial charge in [0.05, 0.1) is 16.5 Å². The van der Waals surface area contributed by atoms with Crippen LogP contribution >= 0.6 is 0 Å². The average Bonchev–Trinajstić information content (AvgIpc) is 2.85. The number of hydrogen-bond acceptors (Lipinski definition) is 4. The van der Waals surface area contributed by atoms with Crippen LogP contribution in [-0.4, -0.2) is 21.2 Å². The van der Waals surface area contributed by atoms with Crippen molar-refractivity contribution >= 4 is 38.7 Å². The standard InChI is InChI=1S/C16H9NO5/c18-8-2-4-10-12(6-8)22-16(21)13-9-3-1-7(15(19)20)5-11(9)17-14(10)13/h1-6,17-18H,(H,19,20). The van der Waals surface area contributed by atoms with Gasteiger partial charge in [0, 0.05) is 22.4 Å². The molecule has 0 fully saturated rings. The van der Waals surface area contributed by atoms with E-state index in [1.807, 2.05) is 0 Å². The molecule has 0 bridgehead atoms. The molecule has 0 aliphatic rings. The number of benzene rings is 2. The van der Waals surface area contributed by atoms with Crippen molar-refractivity contribution in [3.05, 3.63) is 52.4 Å². The highest BCUT2D eigenvalue weighted by Gasteiger charge is 2.15. The first-order valence-electron chi connectivity index (χ1n) is 6.49. The van der Waals surface area contributed by atoms with Crippen molar-refractivity contribution in [3.8, 4) is 5.75 Å². The molecule has 4 rings (SSSR count). The second-order valence-corrected chi connectivity index (χ2v) is 5.01. The van der Waals surface area contributed by atoms with Crippen molar-refractivity contribution in [1.82, 2.24) is 4.98 Å². The minimum Gasteiger partial charge on any atom is -0.508 e. The van der Waals surface area contributed by atoms with Gasteiger partial charge in [0.2, 0.25) is 0 Å². The molecule has 0 aliphatic carbocycles. The Bertz CT molecular complexity index is 1140. The van der Waals surface area contributed by atoms with Crippen LogP contribution in [0.15, 0.2) is 45.6 Å². The van der Waals surface area contributed by atoms with Gasteiger partial charge in [-0.15, -0.1) is 0 Å². The summed E-state index contributed by atoms with van der Waals surface area (Å²) in [5, 5.41) is 20.2. The Balaban J connectivity index is 2.22. The van der Waals surface area contributed by atoms with Crippen LogP contribution in [0.5, 0.6) is 5.75 Å². The Labute approximate surface area is 122 Å². The summed E-state index contributed by atoms with van der Waals surface area (Å²) >= 11 is 0. The van der Waals surface area contributed by atoms with E-state index in [9.17, 15) is 14.7 Å². The van der Waals surface area contributed by atoms with Crippen molar-refractivity contribution in [2.45, 2.75) is 0 Å². The number of hydrogen-bond donors (Lipinski definition) is 3. The Morgan fingerprint density at radius 1 is 1.09 bits per heavy atom. The molecule has 0 saturated heterocycles. The molecule has 0 amide bonds. The van der Waals surface area contributed by atoms with E-state index in [1.165, 1.54) is 24.3 Å². The smallest absolute Gasteiger partial charge is 0.346 e. The fraction of sp³-hybridized carbons (Fsp3) is 0. The van der Waals surface area contributed by atoms with Gasteiger partial charge in [-0.3, -0.25) is 0 Å². The van der Waals surface area contributed by atoms with Gasteiger partial charge >= 0.3 is 11.6 Å². The third kappa shape index (κ3) is 1.61. The van der Waals surface area contributed by atoms with Crippen LogP contribution in [0, 0.1) is 0 Å². The lowest BCUT2D eigenvalue weighted by Crippen LogP contribution is -1.98. The quantitative estimate of drug-likeness (QED) is 0.468. The summed E-state index contributed by atoms with van der Waals surface area (Å²) in [4.78, 5) is 26.3. The lowest BCUT2D eigenvalue weighted by molar-refractivity contribution is 0.0697. The fourth-order valence-corrected chi connectivity index (χ4v) is 2.70. The zero-order valence-corrected chi connectivity index (χ0v) is 11.1. The largest absolute Gasteiger partial charge is 0.508 e. The molecule has 22 heavy (non-hydrogen) atoms. The summed E-state index contributed by atoms with van der Waals surface area (Å²) in [5.74, 6) is -1.04. The molecular formula is C16H9NO5. The number of carboxylic acids is 1. The van der Waals surface area contributed by atoms with Crippen molar-refractivity contribution in [2.75, 3.05) is 0 Å². The molecule has 4 aromatic rings. The van der Waals surface area contributed by atoms with E-state index in [-0.39, 0.29) is 16.9 Å². The number of aromatic amines is 1. The van der Waals surface area contributed by atoms with E-state index in [4.69, 9.17) is 9.52 Å². The number of nitrogens with one attached hydrogen (secondary N) is 1. The molecule has 0 radical (unpaired) electrons. The van der Waals surface area contributed by atoms with Gasteiger partial charge in [0.1, 0.15) is 11.3 Å². The Kier molecular flexibility index (Phi) is 2.33. The van der Waals surface area contributed by atoms with E-state index < -0.39 is 11.6 Å². The lowest BCUT2D eigenvalue weighted by Gasteiger charge is -1.99. The number of H-pyrrole nitrogens is 1. The number of aromatic hydroxyl groups is 1. The normalized spacial score (nSPS) is 11.5. The monoisotopic (exact) mass is 295 g/mol. The molecule has 108 valence electrons. The highest BCUT2D eigenvalue weighted by Crippen LogP contribution is 2.30. The molecule has 2 aromatic heterocycles. The Hall–Kier alpha value is -3.28. The molecule has 2 aromatic carbocycles. The van der Waals surface area contributed by atoms with Gasteiger partial charge in [-0.25, -0.2) is 9.59 Å². The van der Waals surface area contributed by atoms with Gasteiger partial charge in [0.25, 0.3) is 0 Å². The second kappa shape index (κ2) is 4.11. The first kappa shape index (κ1) is 12.5. The van der Waals surface area contributed by atoms with Gasteiger partial charge in [-0.2, -0.15) is 0 Å². The Morgan fingerprint density at radius 2 is 1.86 bits per heavy atom. The predicted molar refractivity (Wildman–Crippen MR) is 80.5 cm³/mol. The van der Waals surface area contributed by atoms with Gasteiger partial charge < -0.3 is 19.6 Å². The second-order valence-electron chi connectivity index (χ2n) is 5.01. The summed E-state index contributed by atoms with van der Waals surface area (Å²) in [5.41, 5.74) is 0.960. The molecule has 0 unspecified atom stereocenters. The van der Waals surface area contributed by atoms with Crippen LogP contribution < -0.4 is 5.63 Å². The van der Waals surface area contributed by atoms with Crippen LogP contribution in [0.25, 0.3) is 32.8 Å². The minimum atomic E-state index is -1.04. The molecule has 6 nitrogen and oxygen atoms in total. The number of aromatic nitrogens is 1. The number of phenols is 1. The van der Waals surface area contributed by atoms with Crippen molar-refractivity contribution in [1.29, 1.82) is 0 Å². The number of phenolic OH excluding ortho intramolecular Hbond substituents is 1. The molecule has 0 saturated carbocycles. The van der Waals surface area contributed by atoms with Gasteiger partial charge in [0.15, 0.2) is 0 Å². The summed E-state index contributed by atoms with van der Waals surface area (Å²) in [6.45, 7) is 0. The highest BCUT2D eigenvalue weighted by atomic mass is 16.4. The molecule has 0 spiro atoms. The third-order valence-corrected chi connectivity index (χ3v) is 3.69. The zero-order chi connectivity index (χ0) is 15.4. The van der Waals surface area contributed by atoms with E-state index in [0.717, 1.165) is 0 Å². The summed E-state index contributed by atoms with van der Waals surface area (Å²) in [6, 6.07) is 9.01. The molecule has 6 heteroatoms. The summed E-state index contributed by atoms with van der Waals surface area (Å²) < 4.78 is 5.25. The highest BCUT2D eigenvalue weighted by molar-refractivity contribution is 6.15. The summed E-state index contributed by atoms with van der Waals surface area (Å²) in [6.07, 6.45) is 0. The predicted octanol–water partition coefficient (Wildman–Crippen LogP) is 2.83. The number of carbonyl (C=O) groups is 1. The minimum absolute atomic E-state index is 0.000672. The van der Waals surface area contributed by atoms with Crippen LogP contribution in [0.3, 0.4) is 0 Å². The molecule has 0 aliphatic heterocycles. The topological polar surface area (TPSA) is 104 Å². The maximum atomic E-state index is 12.2. The molecule has 3 N–H and O–H groups in total. The number of rotatable bonds is 1. The lowest BCUT2D eigenvalue weighted by atomic mass is 10.1. The van der Waals surface area contributed by atoms with Crippen molar-refractivity contribution in [3.63, 3.8) is 0 Å². The van der Waals surface area contributed by atoms with E-state index in [2.05, 4.69) is 4.98 Å².